The van der Waals surface area contributed by atoms with E-state index in [1.54, 1.807) is 6.92 Å². The van der Waals surface area contributed by atoms with E-state index in [1.165, 1.54) is 6.92 Å². The van der Waals surface area contributed by atoms with Gasteiger partial charge in [0.25, 0.3) is 0 Å². The summed E-state index contributed by atoms with van der Waals surface area (Å²) in [6.45, 7) is 5.28. The average Bonchev–Trinajstić information content (AvgIpc) is 2.53. The lowest BCUT2D eigenvalue weighted by Gasteiger charge is -2.37. The minimum absolute atomic E-state index is 0. The number of nitrogens with zero attached hydrogens (tertiary/aromatic N) is 1. The van der Waals surface area contributed by atoms with E-state index in [2.05, 4.69) is 5.32 Å². The molecule has 1 fully saturated rings. The number of piperidine rings is 1. The van der Waals surface area contributed by atoms with Crippen LogP contribution in [-0.2, 0) is 15.1 Å². The van der Waals surface area contributed by atoms with Gasteiger partial charge in [-0.1, -0.05) is 30.3 Å². The van der Waals surface area contributed by atoms with Crippen LogP contribution in [0.3, 0.4) is 0 Å². The fourth-order valence-corrected chi connectivity index (χ4v) is 2.94. The molecule has 5 nitrogen and oxygen atoms in total. The SMILES string of the molecule is CC(=O)NCC1CCCN(C(=O)C(C)(N)c2ccccc2)C1.Cl. The Bertz CT molecular complexity index is 534. The molecule has 0 aliphatic carbocycles. The molecule has 2 atom stereocenters. The molecular formula is C17H26ClN3O2. The van der Waals surface area contributed by atoms with Gasteiger partial charge < -0.3 is 16.0 Å². The summed E-state index contributed by atoms with van der Waals surface area (Å²) >= 11 is 0. The van der Waals surface area contributed by atoms with Crippen molar-refractivity contribution >= 4 is 24.2 Å². The van der Waals surface area contributed by atoms with Gasteiger partial charge in [0.15, 0.2) is 0 Å². The van der Waals surface area contributed by atoms with Crippen LogP contribution in [0.25, 0.3) is 0 Å². The highest BCUT2D eigenvalue weighted by molar-refractivity contribution is 5.87. The first-order valence-corrected chi connectivity index (χ1v) is 7.79. The quantitative estimate of drug-likeness (QED) is 0.876. The van der Waals surface area contributed by atoms with Crippen LogP contribution in [0.1, 0.15) is 32.3 Å². The number of carbonyl (C=O) groups excluding carboxylic acids is 2. The smallest absolute Gasteiger partial charge is 0.246 e. The van der Waals surface area contributed by atoms with Gasteiger partial charge in [0.2, 0.25) is 11.8 Å². The van der Waals surface area contributed by atoms with E-state index in [0.29, 0.717) is 19.0 Å². The lowest BCUT2D eigenvalue weighted by atomic mass is 9.89. The number of benzene rings is 1. The zero-order valence-electron chi connectivity index (χ0n) is 13.7. The summed E-state index contributed by atoms with van der Waals surface area (Å²) in [6.07, 6.45) is 1.97. The number of hydrogen-bond acceptors (Lipinski definition) is 3. The number of hydrogen-bond donors (Lipinski definition) is 2. The third kappa shape index (κ3) is 4.94. The molecular weight excluding hydrogens is 314 g/mol. The summed E-state index contributed by atoms with van der Waals surface area (Å²) in [6, 6.07) is 9.47. The Hall–Kier alpha value is -1.59. The molecule has 0 aromatic heterocycles. The van der Waals surface area contributed by atoms with E-state index in [4.69, 9.17) is 5.73 Å². The van der Waals surface area contributed by atoms with Crippen molar-refractivity contribution in [2.75, 3.05) is 19.6 Å². The molecule has 1 aromatic carbocycles. The van der Waals surface area contributed by atoms with Crippen molar-refractivity contribution in [2.45, 2.75) is 32.2 Å². The highest BCUT2D eigenvalue weighted by Crippen LogP contribution is 2.24. The van der Waals surface area contributed by atoms with Crippen molar-refractivity contribution in [1.29, 1.82) is 0 Å². The van der Waals surface area contributed by atoms with E-state index in [9.17, 15) is 9.59 Å². The number of nitrogens with one attached hydrogen (secondary N) is 1. The fourth-order valence-electron chi connectivity index (χ4n) is 2.94. The standard InChI is InChI=1S/C17H25N3O2.ClH/c1-13(21)19-11-14-7-6-10-20(12-14)16(22)17(2,18)15-8-4-3-5-9-15;/h3-5,8-9,14H,6-7,10-12,18H2,1-2H3,(H,19,21);1H. The fraction of sp³-hybridized carbons (Fsp3) is 0.529. The molecule has 2 amide bonds. The van der Waals surface area contributed by atoms with Gasteiger partial charge in [-0.15, -0.1) is 12.4 Å². The Balaban J connectivity index is 0.00000264. The van der Waals surface area contributed by atoms with Gasteiger partial charge >= 0.3 is 0 Å². The van der Waals surface area contributed by atoms with Crippen LogP contribution in [0.15, 0.2) is 30.3 Å². The monoisotopic (exact) mass is 339 g/mol. The second kappa shape index (κ2) is 8.31. The van der Waals surface area contributed by atoms with Crippen molar-refractivity contribution < 1.29 is 9.59 Å². The molecule has 0 bridgehead atoms. The van der Waals surface area contributed by atoms with Crippen LogP contribution in [0.5, 0.6) is 0 Å². The summed E-state index contributed by atoms with van der Waals surface area (Å²) in [5.74, 6) is 0.218. The van der Waals surface area contributed by atoms with Crippen molar-refractivity contribution in [3.05, 3.63) is 35.9 Å². The molecule has 23 heavy (non-hydrogen) atoms. The molecule has 1 heterocycles. The highest BCUT2D eigenvalue weighted by Gasteiger charge is 2.36. The molecule has 6 heteroatoms. The number of carbonyl (C=O) groups is 2. The van der Waals surface area contributed by atoms with Crippen molar-refractivity contribution in [3.63, 3.8) is 0 Å². The second-order valence-electron chi connectivity index (χ2n) is 6.26. The van der Waals surface area contributed by atoms with Crippen LogP contribution in [0.2, 0.25) is 0 Å². The number of halogens is 1. The average molecular weight is 340 g/mol. The molecule has 0 radical (unpaired) electrons. The van der Waals surface area contributed by atoms with Crippen molar-refractivity contribution in [1.82, 2.24) is 10.2 Å². The van der Waals surface area contributed by atoms with Crippen LogP contribution in [-0.4, -0.2) is 36.3 Å². The number of amides is 2. The second-order valence-corrected chi connectivity index (χ2v) is 6.26. The Morgan fingerprint density at radius 1 is 1.35 bits per heavy atom. The Labute approximate surface area is 144 Å². The predicted octanol–water partition coefficient (Wildman–Crippen LogP) is 1.66. The molecule has 2 unspecified atom stereocenters. The van der Waals surface area contributed by atoms with E-state index in [-0.39, 0.29) is 24.2 Å². The van der Waals surface area contributed by atoms with Crippen LogP contribution < -0.4 is 11.1 Å². The molecule has 0 spiro atoms. The largest absolute Gasteiger partial charge is 0.356 e. The van der Waals surface area contributed by atoms with Gasteiger partial charge in [0.1, 0.15) is 5.54 Å². The zero-order valence-corrected chi connectivity index (χ0v) is 14.6. The molecule has 1 aromatic rings. The lowest BCUT2D eigenvalue weighted by Crippen LogP contribution is -2.54. The first-order valence-electron chi connectivity index (χ1n) is 7.79. The molecule has 0 saturated carbocycles. The maximum atomic E-state index is 12.8. The minimum atomic E-state index is -1.02. The highest BCUT2D eigenvalue weighted by atomic mass is 35.5. The summed E-state index contributed by atoms with van der Waals surface area (Å²) in [5.41, 5.74) is 6.13. The van der Waals surface area contributed by atoms with E-state index in [1.807, 2.05) is 35.2 Å². The first kappa shape index (κ1) is 19.5. The molecule has 2 rings (SSSR count). The Morgan fingerprint density at radius 2 is 2.00 bits per heavy atom. The minimum Gasteiger partial charge on any atom is -0.356 e. The van der Waals surface area contributed by atoms with Crippen molar-refractivity contribution in [3.8, 4) is 0 Å². The van der Waals surface area contributed by atoms with Crippen molar-refractivity contribution in [2.24, 2.45) is 11.7 Å². The van der Waals surface area contributed by atoms with E-state index < -0.39 is 5.54 Å². The van der Waals surface area contributed by atoms with Gasteiger partial charge in [-0.3, -0.25) is 9.59 Å². The maximum Gasteiger partial charge on any atom is 0.246 e. The van der Waals surface area contributed by atoms with Crippen LogP contribution in [0, 0.1) is 5.92 Å². The van der Waals surface area contributed by atoms with Gasteiger partial charge in [0.05, 0.1) is 0 Å². The molecule has 1 aliphatic rings. The summed E-state index contributed by atoms with van der Waals surface area (Å²) in [4.78, 5) is 25.7. The van der Waals surface area contributed by atoms with Gasteiger partial charge in [-0.05, 0) is 31.2 Å². The van der Waals surface area contributed by atoms with Gasteiger partial charge in [-0.25, -0.2) is 0 Å². The van der Waals surface area contributed by atoms with Gasteiger partial charge in [0, 0.05) is 26.6 Å². The van der Waals surface area contributed by atoms with Crippen LogP contribution >= 0.6 is 12.4 Å². The predicted molar refractivity (Wildman–Crippen MR) is 93.2 cm³/mol. The maximum absolute atomic E-state index is 12.8. The first-order chi connectivity index (χ1) is 10.4. The normalized spacial score (nSPS) is 20.1. The summed E-state index contributed by atoms with van der Waals surface area (Å²) in [7, 11) is 0. The van der Waals surface area contributed by atoms with E-state index >= 15 is 0 Å². The van der Waals surface area contributed by atoms with Crippen LogP contribution in [0.4, 0.5) is 0 Å². The zero-order chi connectivity index (χ0) is 16.2. The van der Waals surface area contributed by atoms with Gasteiger partial charge in [-0.2, -0.15) is 0 Å². The molecule has 1 saturated heterocycles. The topological polar surface area (TPSA) is 75.4 Å². The third-order valence-corrected chi connectivity index (χ3v) is 4.26. The number of rotatable bonds is 4. The molecule has 3 N–H and O–H groups in total. The number of nitrogens with two attached hydrogens (primary N) is 1. The lowest BCUT2D eigenvalue weighted by molar-refractivity contribution is -0.138. The Morgan fingerprint density at radius 3 is 2.61 bits per heavy atom. The Kier molecular flexibility index (Phi) is 7.03. The number of likely N-dealkylation sites (tertiary alicyclic amines) is 1. The summed E-state index contributed by atoms with van der Waals surface area (Å²) in [5, 5.41) is 2.84. The molecule has 1 aliphatic heterocycles. The third-order valence-electron chi connectivity index (χ3n) is 4.26. The molecule has 128 valence electrons. The summed E-state index contributed by atoms with van der Waals surface area (Å²) < 4.78 is 0. The van der Waals surface area contributed by atoms with E-state index in [0.717, 1.165) is 24.9 Å².